The Kier molecular flexibility index (Phi) is 8.27. The summed E-state index contributed by atoms with van der Waals surface area (Å²) in [5, 5.41) is 9.51. The summed E-state index contributed by atoms with van der Waals surface area (Å²) >= 11 is 0. The molecule has 2 aliphatic rings. The lowest BCUT2D eigenvalue weighted by molar-refractivity contribution is -0.142. The minimum atomic E-state index is -4.78. The summed E-state index contributed by atoms with van der Waals surface area (Å²) in [6.45, 7) is 2.08. The molecule has 1 aliphatic heterocycles. The van der Waals surface area contributed by atoms with Gasteiger partial charge in [0.2, 0.25) is 0 Å². The maximum Gasteiger partial charge on any atom is 0.416 e. The van der Waals surface area contributed by atoms with Gasteiger partial charge in [-0.1, -0.05) is 19.1 Å². The van der Waals surface area contributed by atoms with Crippen LogP contribution in [0.2, 0.25) is 0 Å². The predicted octanol–water partition coefficient (Wildman–Crippen LogP) is 6.22. The Labute approximate surface area is 216 Å². The fourth-order valence-corrected chi connectivity index (χ4v) is 5.02. The number of aliphatic carboxylic acids is 1. The third-order valence-electron chi connectivity index (χ3n) is 7.09. The van der Waals surface area contributed by atoms with Crippen LogP contribution in [-0.2, 0) is 28.4 Å². The maximum absolute atomic E-state index is 13.5. The molecule has 5 nitrogen and oxygen atoms in total. The first-order chi connectivity index (χ1) is 17.8. The molecule has 1 saturated heterocycles. The van der Waals surface area contributed by atoms with E-state index in [1.54, 1.807) is 30.0 Å². The lowest BCUT2D eigenvalue weighted by atomic mass is 9.83. The van der Waals surface area contributed by atoms with Gasteiger partial charge in [0, 0.05) is 19.6 Å². The monoisotopic (exact) mass is 545 g/mol. The second-order valence-corrected chi connectivity index (χ2v) is 9.97. The number of alkyl halides is 6. The number of carboxylic acids is 1. The van der Waals surface area contributed by atoms with Crippen LogP contribution < -0.4 is 4.74 Å². The molecule has 2 fully saturated rings. The number of ether oxygens (including phenoxy) is 2. The molecule has 38 heavy (non-hydrogen) atoms. The Hall–Kier alpha value is -2.79. The number of hydrogen-bond acceptors (Lipinski definition) is 4. The van der Waals surface area contributed by atoms with Crippen molar-refractivity contribution in [1.29, 1.82) is 0 Å². The van der Waals surface area contributed by atoms with Gasteiger partial charge < -0.3 is 14.6 Å². The predicted molar refractivity (Wildman–Crippen MR) is 126 cm³/mol. The zero-order valence-electron chi connectivity index (χ0n) is 20.7. The van der Waals surface area contributed by atoms with Gasteiger partial charge in [-0.2, -0.15) is 26.3 Å². The van der Waals surface area contributed by atoms with Crippen molar-refractivity contribution >= 4 is 5.97 Å². The van der Waals surface area contributed by atoms with Crippen LogP contribution in [0, 0.1) is 11.8 Å². The van der Waals surface area contributed by atoms with Gasteiger partial charge in [0.05, 0.1) is 23.7 Å². The third-order valence-corrected chi connectivity index (χ3v) is 7.09. The third kappa shape index (κ3) is 6.99. The van der Waals surface area contributed by atoms with E-state index in [0.29, 0.717) is 29.9 Å². The molecule has 1 aliphatic carbocycles. The molecule has 0 amide bonds. The van der Waals surface area contributed by atoms with Crippen LogP contribution in [0.1, 0.15) is 47.9 Å². The number of morpholine rings is 1. The van der Waals surface area contributed by atoms with E-state index in [1.165, 1.54) is 0 Å². The number of carboxylic acid groups (broad SMARTS) is 1. The van der Waals surface area contributed by atoms with E-state index >= 15 is 0 Å². The topological polar surface area (TPSA) is 59.0 Å². The normalized spacial score (nSPS) is 20.7. The van der Waals surface area contributed by atoms with Crippen LogP contribution in [0.5, 0.6) is 5.75 Å². The van der Waals surface area contributed by atoms with Gasteiger partial charge >= 0.3 is 18.3 Å². The molecular weight excluding hydrogens is 516 g/mol. The highest BCUT2D eigenvalue weighted by Gasteiger charge is 2.39. The van der Waals surface area contributed by atoms with Crippen molar-refractivity contribution in [2.24, 2.45) is 11.8 Å². The molecule has 4 rings (SSSR count). The zero-order valence-corrected chi connectivity index (χ0v) is 20.7. The summed E-state index contributed by atoms with van der Waals surface area (Å²) in [6.07, 6.45) is -8.10. The molecule has 0 aromatic heterocycles. The molecule has 1 heterocycles. The highest BCUT2D eigenvalue weighted by molar-refractivity contribution is 5.71. The second-order valence-electron chi connectivity index (χ2n) is 9.97. The smallest absolute Gasteiger partial charge is 0.416 e. The maximum atomic E-state index is 13.5. The lowest BCUT2D eigenvalue weighted by Gasteiger charge is -2.33. The molecule has 0 bridgehead atoms. The van der Waals surface area contributed by atoms with E-state index < -0.39 is 47.0 Å². The van der Waals surface area contributed by atoms with E-state index in [-0.39, 0.29) is 38.8 Å². The van der Waals surface area contributed by atoms with Gasteiger partial charge in [-0.15, -0.1) is 0 Å². The van der Waals surface area contributed by atoms with Crippen molar-refractivity contribution in [3.05, 3.63) is 64.7 Å². The SMILES string of the molecule is C[C@H](C(=O)O)[C@H](c1cccc(OCC2CN(Cc3cc(C(F)(F)F)ccc3C(F)(F)F)CCO2)c1)C1CC1. The van der Waals surface area contributed by atoms with Crippen LogP contribution in [0.15, 0.2) is 42.5 Å². The summed E-state index contributed by atoms with van der Waals surface area (Å²) in [6, 6.07) is 8.69. The number of halogens is 6. The summed E-state index contributed by atoms with van der Waals surface area (Å²) < 4.78 is 91.5. The van der Waals surface area contributed by atoms with Gasteiger partial charge in [-0.25, -0.2) is 0 Å². The van der Waals surface area contributed by atoms with Gasteiger partial charge in [0.15, 0.2) is 0 Å². The molecule has 3 atom stereocenters. The Balaban J connectivity index is 1.42. The first-order valence-electron chi connectivity index (χ1n) is 12.4. The van der Waals surface area contributed by atoms with E-state index in [4.69, 9.17) is 9.47 Å². The summed E-state index contributed by atoms with van der Waals surface area (Å²) in [7, 11) is 0. The molecular formula is C27H29F6NO4. The Morgan fingerprint density at radius 3 is 2.47 bits per heavy atom. The van der Waals surface area contributed by atoms with E-state index in [1.807, 2.05) is 6.07 Å². The van der Waals surface area contributed by atoms with E-state index in [0.717, 1.165) is 18.4 Å². The lowest BCUT2D eigenvalue weighted by Crippen LogP contribution is -2.44. The number of nitrogens with zero attached hydrogens (tertiary/aromatic N) is 1. The molecule has 2 aromatic carbocycles. The van der Waals surface area contributed by atoms with Crippen molar-refractivity contribution < 1.29 is 45.7 Å². The Morgan fingerprint density at radius 1 is 1.11 bits per heavy atom. The van der Waals surface area contributed by atoms with Crippen LogP contribution in [0.25, 0.3) is 0 Å². The Morgan fingerprint density at radius 2 is 1.84 bits per heavy atom. The first kappa shape index (κ1) is 28.2. The van der Waals surface area contributed by atoms with Crippen molar-refractivity contribution in [3.8, 4) is 5.75 Å². The quantitative estimate of drug-likeness (QED) is 0.380. The fraction of sp³-hybridized carbons (Fsp3) is 0.519. The van der Waals surface area contributed by atoms with Crippen molar-refractivity contribution in [1.82, 2.24) is 4.90 Å². The van der Waals surface area contributed by atoms with Crippen molar-refractivity contribution in [3.63, 3.8) is 0 Å². The van der Waals surface area contributed by atoms with Gasteiger partial charge in [-0.3, -0.25) is 9.69 Å². The largest absolute Gasteiger partial charge is 0.491 e. The molecule has 0 spiro atoms. The molecule has 11 heteroatoms. The standard InChI is InChI=1S/C27H29F6NO4/c1-16(25(35)36)24(17-5-6-17)18-3-2-4-21(12-18)38-15-22-14-34(9-10-37-22)13-19-11-20(26(28,29)30)7-8-23(19)27(31,32)33/h2-4,7-8,11-12,16-17,22,24H,5-6,9-10,13-15H2,1H3,(H,35,36)/t16-,22?,24-/m0/s1. The van der Waals surface area contributed by atoms with E-state index in [2.05, 4.69) is 0 Å². The average molecular weight is 546 g/mol. The zero-order chi connectivity index (χ0) is 27.7. The van der Waals surface area contributed by atoms with Crippen LogP contribution in [0.4, 0.5) is 26.3 Å². The van der Waals surface area contributed by atoms with Gasteiger partial charge in [0.25, 0.3) is 0 Å². The number of hydrogen-bond donors (Lipinski definition) is 1. The minimum Gasteiger partial charge on any atom is -0.491 e. The van der Waals surface area contributed by atoms with Crippen molar-refractivity contribution in [2.45, 2.75) is 50.7 Å². The van der Waals surface area contributed by atoms with Crippen LogP contribution in [-0.4, -0.2) is 48.4 Å². The summed E-state index contributed by atoms with van der Waals surface area (Å²) in [5.41, 5.74) is -1.80. The van der Waals surface area contributed by atoms with Crippen LogP contribution >= 0.6 is 0 Å². The molecule has 1 N–H and O–H groups in total. The van der Waals surface area contributed by atoms with Crippen LogP contribution in [0.3, 0.4) is 0 Å². The number of rotatable bonds is 9. The fourth-order valence-electron chi connectivity index (χ4n) is 5.02. The molecule has 1 unspecified atom stereocenters. The first-order valence-corrected chi connectivity index (χ1v) is 12.4. The minimum absolute atomic E-state index is 0.0806. The molecule has 2 aromatic rings. The Bertz CT molecular complexity index is 1130. The number of carbonyl (C=O) groups is 1. The molecule has 1 saturated carbocycles. The summed E-state index contributed by atoms with van der Waals surface area (Å²) in [5.74, 6) is -0.718. The molecule has 208 valence electrons. The second kappa shape index (κ2) is 11.1. The van der Waals surface area contributed by atoms with Crippen molar-refractivity contribution in [2.75, 3.05) is 26.3 Å². The number of benzene rings is 2. The highest BCUT2D eigenvalue weighted by atomic mass is 19.4. The van der Waals surface area contributed by atoms with E-state index in [9.17, 15) is 36.2 Å². The highest BCUT2D eigenvalue weighted by Crippen LogP contribution is 2.47. The summed E-state index contributed by atoms with van der Waals surface area (Å²) in [4.78, 5) is 13.2. The van der Waals surface area contributed by atoms with Gasteiger partial charge in [-0.05, 0) is 66.1 Å². The average Bonchev–Trinajstić information content (AvgIpc) is 3.67. The van der Waals surface area contributed by atoms with Gasteiger partial charge in [0.1, 0.15) is 18.5 Å². The molecule has 0 radical (unpaired) electrons.